The summed E-state index contributed by atoms with van der Waals surface area (Å²) in [6.07, 6.45) is 0.279. The van der Waals surface area contributed by atoms with Crippen molar-refractivity contribution in [2.45, 2.75) is 13.3 Å². The van der Waals surface area contributed by atoms with Crippen molar-refractivity contribution in [1.29, 1.82) is 0 Å². The van der Waals surface area contributed by atoms with Crippen LogP contribution in [0.15, 0.2) is 48.5 Å². The molecule has 3 heteroatoms. The van der Waals surface area contributed by atoms with Gasteiger partial charge in [-0.2, -0.15) is 0 Å². The molecular formula is C16H15FO2. The Bertz CT molecular complexity index is 578. The Labute approximate surface area is 111 Å². The van der Waals surface area contributed by atoms with Crippen LogP contribution in [-0.4, -0.2) is 12.4 Å². The molecule has 0 aliphatic carbocycles. The molecule has 0 heterocycles. The molecule has 0 fully saturated rings. The summed E-state index contributed by atoms with van der Waals surface area (Å²) in [6.45, 7) is 2.15. The molecule has 0 N–H and O–H groups in total. The Morgan fingerprint density at radius 3 is 2.68 bits per heavy atom. The predicted octanol–water partition coefficient (Wildman–Crippen LogP) is 3.79. The molecule has 0 saturated heterocycles. The molecule has 19 heavy (non-hydrogen) atoms. The molecule has 0 amide bonds. The third-order valence-electron chi connectivity index (χ3n) is 2.84. The second-order valence-corrected chi connectivity index (χ2v) is 4.29. The zero-order valence-corrected chi connectivity index (χ0v) is 10.7. The van der Waals surface area contributed by atoms with Crippen LogP contribution in [0, 0.1) is 12.7 Å². The molecule has 2 aromatic rings. The van der Waals surface area contributed by atoms with Crippen LogP contribution in [-0.2, 0) is 0 Å². The van der Waals surface area contributed by atoms with Crippen molar-refractivity contribution in [3.63, 3.8) is 0 Å². The van der Waals surface area contributed by atoms with Gasteiger partial charge in [-0.3, -0.25) is 4.79 Å². The van der Waals surface area contributed by atoms with E-state index >= 15 is 0 Å². The van der Waals surface area contributed by atoms with Crippen LogP contribution in [0.25, 0.3) is 0 Å². The molecule has 0 radical (unpaired) electrons. The molecule has 0 bridgehead atoms. The van der Waals surface area contributed by atoms with E-state index in [-0.39, 0.29) is 24.6 Å². The summed E-state index contributed by atoms with van der Waals surface area (Å²) in [5, 5.41) is 0. The van der Waals surface area contributed by atoms with Crippen molar-refractivity contribution < 1.29 is 13.9 Å². The Morgan fingerprint density at radius 2 is 1.95 bits per heavy atom. The Morgan fingerprint density at radius 1 is 1.16 bits per heavy atom. The Balaban J connectivity index is 1.90. The molecule has 2 aromatic carbocycles. The van der Waals surface area contributed by atoms with Gasteiger partial charge in [0.1, 0.15) is 11.6 Å². The number of benzene rings is 2. The fourth-order valence-electron chi connectivity index (χ4n) is 1.84. The SMILES string of the molecule is Cc1ccccc1C(=O)CCOc1cccc(F)c1. The van der Waals surface area contributed by atoms with Crippen LogP contribution >= 0.6 is 0 Å². The number of hydrogen-bond acceptors (Lipinski definition) is 2. The van der Waals surface area contributed by atoms with Crippen molar-refractivity contribution in [1.82, 2.24) is 0 Å². The summed E-state index contributed by atoms with van der Waals surface area (Å²) in [5.74, 6) is 0.134. The fourth-order valence-corrected chi connectivity index (χ4v) is 1.84. The lowest BCUT2D eigenvalue weighted by atomic mass is 10.0. The molecule has 0 atom stereocenters. The normalized spacial score (nSPS) is 10.2. The molecule has 2 nitrogen and oxygen atoms in total. The van der Waals surface area contributed by atoms with Gasteiger partial charge in [0.25, 0.3) is 0 Å². The molecule has 0 spiro atoms. The van der Waals surface area contributed by atoms with Crippen LogP contribution < -0.4 is 4.74 Å². The molecular weight excluding hydrogens is 243 g/mol. The van der Waals surface area contributed by atoms with Crippen LogP contribution in [0.2, 0.25) is 0 Å². The highest BCUT2D eigenvalue weighted by Gasteiger charge is 2.08. The highest BCUT2D eigenvalue weighted by Crippen LogP contribution is 2.14. The van der Waals surface area contributed by atoms with Crippen molar-refractivity contribution >= 4 is 5.78 Å². The van der Waals surface area contributed by atoms with Crippen molar-refractivity contribution in [3.8, 4) is 5.75 Å². The van der Waals surface area contributed by atoms with E-state index in [9.17, 15) is 9.18 Å². The number of ketones is 1. The smallest absolute Gasteiger partial charge is 0.166 e. The summed E-state index contributed by atoms with van der Waals surface area (Å²) in [5.41, 5.74) is 1.67. The van der Waals surface area contributed by atoms with Gasteiger partial charge >= 0.3 is 0 Å². The van der Waals surface area contributed by atoms with Crippen LogP contribution in [0.4, 0.5) is 4.39 Å². The third kappa shape index (κ3) is 3.65. The zero-order valence-electron chi connectivity index (χ0n) is 10.7. The van der Waals surface area contributed by atoms with Gasteiger partial charge in [0, 0.05) is 18.1 Å². The topological polar surface area (TPSA) is 26.3 Å². The average Bonchev–Trinajstić information content (AvgIpc) is 2.39. The van der Waals surface area contributed by atoms with Crippen LogP contribution in [0.1, 0.15) is 22.3 Å². The summed E-state index contributed by atoms with van der Waals surface area (Å²) in [6, 6.07) is 13.3. The number of ether oxygens (including phenoxy) is 1. The Kier molecular flexibility index (Phi) is 4.29. The van der Waals surface area contributed by atoms with E-state index in [2.05, 4.69) is 0 Å². The van der Waals surface area contributed by atoms with E-state index in [4.69, 9.17) is 4.74 Å². The number of aryl methyl sites for hydroxylation is 1. The van der Waals surface area contributed by atoms with Gasteiger partial charge < -0.3 is 4.74 Å². The standard InChI is InChI=1S/C16H15FO2/c1-12-5-2-3-8-15(12)16(18)9-10-19-14-7-4-6-13(17)11-14/h2-8,11H,9-10H2,1H3. The fraction of sp³-hybridized carbons (Fsp3) is 0.188. The minimum absolute atomic E-state index is 0.0366. The van der Waals surface area contributed by atoms with E-state index in [0.717, 1.165) is 5.56 Å². The second-order valence-electron chi connectivity index (χ2n) is 4.29. The average molecular weight is 258 g/mol. The number of carbonyl (C=O) groups is 1. The summed E-state index contributed by atoms with van der Waals surface area (Å²) >= 11 is 0. The molecule has 0 aliphatic heterocycles. The first-order valence-electron chi connectivity index (χ1n) is 6.14. The first kappa shape index (κ1) is 13.3. The first-order chi connectivity index (χ1) is 9.16. The lowest BCUT2D eigenvalue weighted by Crippen LogP contribution is -2.08. The number of Topliss-reactive ketones (excluding diaryl/α,β-unsaturated/α-hetero) is 1. The third-order valence-corrected chi connectivity index (χ3v) is 2.84. The quantitative estimate of drug-likeness (QED) is 0.763. The van der Waals surface area contributed by atoms with Gasteiger partial charge in [-0.05, 0) is 24.6 Å². The summed E-state index contributed by atoms with van der Waals surface area (Å²) in [7, 11) is 0. The number of rotatable bonds is 5. The maximum Gasteiger partial charge on any atom is 0.166 e. The number of carbonyl (C=O) groups excluding carboxylic acids is 1. The van der Waals surface area contributed by atoms with Crippen molar-refractivity contribution in [2.24, 2.45) is 0 Å². The monoisotopic (exact) mass is 258 g/mol. The maximum atomic E-state index is 12.9. The van der Waals surface area contributed by atoms with Gasteiger partial charge in [0.2, 0.25) is 0 Å². The van der Waals surface area contributed by atoms with Crippen LogP contribution in [0.5, 0.6) is 5.75 Å². The van der Waals surface area contributed by atoms with Crippen LogP contribution in [0.3, 0.4) is 0 Å². The van der Waals surface area contributed by atoms with E-state index < -0.39 is 0 Å². The van der Waals surface area contributed by atoms with Gasteiger partial charge in [-0.15, -0.1) is 0 Å². The molecule has 0 aromatic heterocycles. The molecule has 0 aliphatic rings. The van der Waals surface area contributed by atoms with Gasteiger partial charge in [0.05, 0.1) is 6.61 Å². The Hall–Kier alpha value is -2.16. The summed E-state index contributed by atoms with van der Waals surface area (Å²) < 4.78 is 18.3. The van der Waals surface area contributed by atoms with E-state index in [1.165, 1.54) is 12.1 Å². The van der Waals surface area contributed by atoms with E-state index in [1.807, 2.05) is 25.1 Å². The minimum atomic E-state index is -0.345. The molecule has 0 unspecified atom stereocenters. The highest BCUT2D eigenvalue weighted by atomic mass is 19.1. The molecule has 0 saturated carbocycles. The lowest BCUT2D eigenvalue weighted by molar-refractivity contribution is 0.0961. The second kappa shape index (κ2) is 6.14. The van der Waals surface area contributed by atoms with E-state index in [0.29, 0.717) is 11.3 Å². The maximum absolute atomic E-state index is 12.9. The largest absolute Gasteiger partial charge is 0.493 e. The lowest BCUT2D eigenvalue weighted by Gasteiger charge is -2.07. The highest BCUT2D eigenvalue weighted by molar-refractivity contribution is 5.97. The van der Waals surface area contributed by atoms with Gasteiger partial charge in [0.15, 0.2) is 5.78 Å². The molecule has 98 valence electrons. The zero-order chi connectivity index (χ0) is 13.7. The number of halogens is 1. The van der Waals surface area contributed by atoms with Crippen molar-refractivity contribution in [2.75, 3.05) is 6.61 Å². The minimum Gasteiger partial charge on any atom is -0.493 e. The van der Waals surface area contributed by atoms with Gasteiger partial charge in [-0.25, -0.2) is 4.39 Å². The van der Waals surface area contributed by atoms with E-state index in [1.54, 1.807) is 18.2 Å². The predicted molar refractivity (Wildman–Crippen MR) is 72.0 cm³/mol. The number of hydrogen-bond donors (Lipinski definition) is 0. The van der Waals surface area contributed by atoms with Crippen molar-refractivity contribution in [3.05, 3.63) is 65.5 Å². The molecule has 2 rings (SSSR count). The van der Waals surface area contributed by atoms with Gasteiger partial charge in [-0.1, -0.05) is 30.3 Å². The summed E-state index contributed by atoms with van der Waals surface area (Å²) in [4.78, 5) is 12.0. The first-order valence-corrected chi connectivity index (χ1v) is 6.14.